The smallest absolute Gasteiger partial charge is 0.293 e. The van der Waals surface area contributed by atoms with E-state index in [2.05, 4.69) is 0 Å². The molecule has 25 heavy (non-hydrogen) atoms. The lowest BCUT2D eigenvalue weighted by atomic mass is 10.1. The zero-order valence-electron chi connectivity index (χ0n) is 14.1. The highest BCUT2D eigenvalue weighted by Gasteiger charge is 2.22. The highest BCUT2D eigenvalue weighted by molar-refractivity contribution is 5.95. The Morgan fingerprint density at radius 2 is 2.00 bits per heavy atom. The monoisotopic (exact) mass is 344 g/mol. The number of anilines is 1. The van der Waals surface area contributed by atoms with Crippen LogP contribution in [0.2, 0.25) is 0 Å². The molecule has 0 aliphatic rings. The van der Waals surface area contributed by atoms with E-state index >= 15 is 0 Å². The Morgan fingerprint density at radius 3 is 2.60 bits per heavy atom. The van der Waals surface area contributed by atoms with Gasteiger partial charge in [-0.05, 0) is 25.1 Å². The Balaban J connectivity index is 2.46. The standard InChI is InChI=1S/C18H20N2O5/c1-13(22)14-7-8-16(17(11-14)20(23)24)19(9-10-21)12-15-5-3-4-6-18(15)25-2/h3-8,11,21H,9-10,12H2,1-2H3. The Labute approximate surface area is 145 Å². The van der Waals surface area contributed by atoms with Crippen molar-refractivity contribution in [2.24, 2.45) is 0 Å². The third-order valence-corrected chi connectivity index (χ3v) is 3.84. The van der Waals surface area contributed by atoms with Crippen molar-refractivity contribution in [3.8, 4) is 5.75 Å². The first-order chi connectivity index (χ1) is 12.0. The van der Waals surface area contributed by atoms with Gasteiger partial charge in [-0.2, -0.15) is 0 Å². The molecule has 0 fully saturated rings. The van der Waals surface area contributed by atoms with Crippen LogP contribution in [0.1, 0.15) is 22.8 Å². The summed E-state index contributed by atoms with van der Waals surface area (Å²) in [6, 6.07) is 11.7. The second-order valence-electron chi connectivity index (χ2n) is 5.47. The molecular formula is C18H20N2O5. The molecule has 0 amide bonds. The summed E-state index contributed by atoms with van der Waals surface area (Å²) < 4.78 is 5.32. The van der Waals surface area contributed by atoms with Crippen LogP contribution in [0, 0.1) is 10.1 Å². The number of ketones is 1. The molecule has 2 aromatic carbocycles. The molecule has 0 heterocycles. The number of benzene rings is 2. The molecule has 1 N–H and O–H groups in total. The summed E-state index contributed by atoms with van der Waals surface area (Å²) in [5.74, 6) is 0.418. The summed E-state index contributed by atoms with van der Waals surface area (Å²) in [7, 11) is 1.55. The van der Waals surface area contributed by atoms with E-state index in [4.69, 9.17) is 4.74 Å². The van der Waals surface area contributed by atoms with Crippen molar-refractivity contribution in [1.29, 1.82) is 0 Å². The quantitative estimate of drug-likeness (QED) is 0.450. The highest BCUT2D eigenvalue weighted by Crippen LogP contribution is 2.31. The fourth-order valence-electron chi connectivity index (χ4n) is 2.60. The molecule has 0 unspecified atom stereocenters. The maximum atomic E-state index is 11.5. The summed E-state index contributed by atoms with van der Waals surface area (Å²) in [5, 5.41) is 20.8. The van der Waals surface area contributed by atoms with Gasteiger partial charge in [0.2, 0.25) is 0 Å². The molecule has 7 nitrogen and oxygen atoms in total. The molecule has 0 spiro atoms. The third-order valence-electron chi connectivity index (χ3n) is 3.84. The van der Waals surface area contributed by atoms with Crippen LogP contribution in [0.25, 0.3) is 0 Å². The number of Topliss-reactive ketones (excluding diaryl/α,β-unsaturated/α-hetero) is 1. The molecule has 0 aliphatic carbocycles. The number of carbonyl (C=O) groups is 1. The van der Waals surface area contributed by atoms with Gasteiger partial charge in [0.1, 0.15) is 11.4 Å². The second-order valence-corrected chi connectivity index (χ2v) is 5.47. The predicted octanol–water partition coefficient (Wildman–Crippen LogP) is 2.80. The van der Waals surface area contributed by atoms with Crippen molar-refractivity contribution < 1.29 is 19.6 Å². The zero-order valence-corrected chi connectivity index (χ0v) is 14.1. The van der Waals surface area contributed by atoms with Crippen molar-refractivity contribution in [2.45, 2.75) is 13.5 Å². The number of ether oxygens (including phenoxy) is 1. The maximum absolute atomic E-state index is 11.5. The number of carbonyl (C=O) groups excluding carboxylic acids is 1. The molecule has 0 aromatic heterocycles. The van der Waals surface area contributed by atoms with Crippen molar-refractivity contribution in [3.63, 3.8) is 0 Å². The molecule has 0 aliphatic heterocycles. The summed E-state index contributed by atoms with van der Waals surface area (Å²) in [6.45, 7) is 1.73. The first-order valence-electron chi connectivity index (χ1n) is 7.75. The summed E-state index contributed by atoms with van der Waals surface area (Å²) >= 11 is 0. The number of aliphatic hydroxyl groups excluding tert-OH is 1. The first-order valence-corrected chi connectivity index (χ1v) is 7.75. The van der Waals surface area contributed by atoms with E-state index in [1.165, 1.54) is 13.0 Å². The fraction of sp³-hybridized carbons (Fsp3) is 0.278. The largest absolute Gasteiger partial charge is 0.496 e. The third kappa shape index (κ3) is 4.33. The number of hydrogen-bond acceptors (Lipinski definition) is 6. The lowest BCUT2D eigenvalue weighted by Gasteiger charge is -2.25. The summed E-state index contributed by atoms with van der Waals surface area (Å²) in [5.41, 5.74) is 1.28. The van der Waals surface area contributed by atoms with Gasteiger partial charge in [-0.15, -0.1) is 0 Å². The Morgan fingerprint density at radius 1 is 1.28 bits per heavy atom. The number of nitro benzene ring substituents is 1. The van der Waals surface area contributed by atoms with Crippen LogP contribution < -0.4 is 9.64 Å². The topological polar surface area (TPSA) is 92.9 Å². The first kappa shape index (κ1) is 18.4. The second kappa shape index (κ2) is 8.25. The minimum atomic E-state index is -0.519. The van der Waals surface area contributed by atoms with Gasteiger partial charge in [0.05, 0.1) is 18.6 Å². The van der Waals surface area contributed by atoms with Crippen LogP contribution >= 0.6 is 0 Å². The van der Waals surface area contributed by atoms with Crippen LogP contribution in [0.5, 0.6) is 5.75 Å². The SMILES string of the molecule is COc1ccccc1CN(CCO)c1ccc(C(C)=O)cc1[N+](=O)[O-]. The number of aliphatic hydroxyl groups is 1. The molecule has 2 rings (SSSR count). The van der Waals surface area contributed by atoms with Crippen molar-refractivity contribution >= 4 is 17.2 Å². The van der Waals surface area contributed by atoms with Gasteiger partial charge in [0, 0.05) is 30.3 Å². The number of methoxy groups -OCH3 is 1. The Hall–Kier alpha value is -2.93. The Kier molecular flexibility index (Phi) is 6.08. The molecule has 132 valence electrons. The van der Waals surface area contributed by atoms with Crippen LogP contribution in [-0.4, -0.2) is 36.1 Å². The molecular weight excluding hydrogens is 324 g/mol. The van der Waals surface area contributed by atoms with E-state index in [1.807, 2.05) is 18.2 Å². The minimum Gasteiger partial charge on any atom is -0.496 e. The van der Waals surface area contributed by atoms with Gasteiger partial charge < -0.3 is 14.7 Å². The molecule has 0 radical (unpaired) electrons. The number of para-hydroxylation sites is 1. The molecule has 0 saturated carbocycles. The van der Waals surface area contributed by atoms with Crippen molar-refractivity contribution in [1.82, 2.24) is 0 Å². The van der Waals surface area contributed by atoms with E-state index < -0.39 is 4.92 Å². The van der Waals surface area contributed by atoms with Crippen molar-refractivity contribution in [2.75, 3.05) is 25.2 Å². The normalized spacial score (nSPS) is 10.4. The number of rotatable bonds is 8. The predicted molar refractivity (Wildman–Crippen MR) is 94.2 cm³/mol. The molecule has 0 saturated heterocycles. The number of nitro groups is 1. The fourth-order valence-corrected chi connectivity index (χ4v) is 2.60. The summed E-state index contributed by atoms with van der Waals surface area (Å²) in [4.78, 5) is 24.1. The molecule has 0 bridgehead atoms. The van der Waals surface area contributed by atoms with Gasteiger partial charge in [-0.3, -0.25) is 14.9 Å². The summed E-state index contributed by atoms with van der Waals surface area (Å²) in [6.07, 6.45) is 0. The number of hydrogen-bond donors (Lipinski definition) is 1. The molecule has 0 atom stereocenters. The molecule has 7 heteroatoms. The van der Waals surface area contributed by atoms with Crippen molar-refractivity contribution in [3.05, 3.63) is 63.7 Å². The van der Waals surface area contributed by atoms with E-state index in [9.17, 15) is 20.0 Å². The lowest BCUT2D eigenvalue weighted by Crippen LogP contribution is -2.27. The van der Waals surface area contributed by atoms with Gasteiger partial charge in [0.15, 0.2) is 5.78 Å². The molecule has 2 aromatic rings. The van der Waals surface area contributed by atoms with E-state index in [-0.39, 0.29) is 30.2 Å². The van der Waals surface area contributed by atoms with Gasteiger partial charge in [-0.25, -0.2) is 0 Å². The van der Waals surface area contributed by atoms with E-state index in [1.54, 1.807) is 30.2 Å². The van der Waals surface area contributed by atoms with Crippen LogP contribution in [0.15, 0.2) is 42.5 Å². The van der Waals surface area contributed by atoms with E-state index in [0.717, 1.165) is 5.56 Å². The van der Waals surface area contributed by atoms with Crippen LogP contribution in [-0.2, 0) is 6.54 Å². The van der Waals surface area contributed by atoms with E-state index in [0.29, 0.717) is 18.0 Å². The lowest BCUT2D eigenvalue weighted by molar-refractivity contribution is -0.384. The van der Waals surface area contributed by atoms with Gasteiger partial charge >= 0.3 is 0 Å². The zero-order chi connectivity index (χ0) is 18.4. The van der Waals surface area contributed by atoms with Gasteiger partial charge in [0.25, 0.3) is 5.69 Å². The van der Waals surface area contributed by atoms with Crippen LogP contribution in [0.3, 0.4) is 0 Å². The Bertz CT molecular complexity index is 776. The maximum Gasteiger partial charge on any atom is 0.293 e. The van der Waals surface area contributed by atoms with Crippen LogP contribution in [0.4, 0.5) is 11.4 Å². The highest BCUT2D eigenvalue weighted by atomic mass is 16.6. The number of nitrogens with zero attached hydrogens (tertiary/aromatic N) is 2. The minimum absolute atomic E-state index is 0.166. The average Bonchev–Trinajstić information content (AvgIpc) is 2.61. The van der Waals surface area contributed by atoms with Gasteiger partial charge in [-0.1, -0.05) is 18.2 Å². The average molecular weight is 344 g/mol.